The topological polar surface area (TPSA) is 70.7 Å². The number of anilines is 1. The second-order valence-electron chi connectivity index (χ2n) is 6.87. The molecule has 6 heteroatoms. The van der Waals surface area contributed by atoms with Gasteiger partial charge < -0.3 is 20.3 Å². The molecule has 0 aliphatic carbocycles. The molecule has 2 N–H and O–H groups in total. The number of nitrogens with zero attached hydrogens (tertiary/aromatic N) is 1. The van der Waals surface area contributed by atoms with E-state index in [4.69, 9.17) is 4.74 Å². The molecule has 28 heavy (non-hydrogen) atoms. The summed E-state index contributed by atoms with van der Waals surface area (Å²) in [5.41, 5.74) is 2.91. The van der Waals surface area contributed by atoms with Crippen LogP contribution in [0.1, 0.15) is 43.9 Å². The lowest BCUT2D eigenvalue weighted by atomic mass is 10.1. The van der Waals surface area contributed by atoms with Crippen molar-refractivity contribution in [3.8, 4) is 5.75 Å². The van der Waals surface area contributed by atoms with E-state index in [-0.39, 0.29) is 18.0 Å². The highest BCUT2D eigenvalue weighted by atomic mass is 16.5. The number of amides is 3. The van der Waals surface area contributed by atoms with Gasteiger partial charge in [0.15, 0.2) is 0 Å². The number of urea groups is 1. The monoisotopic (exact) mass is 381 g/mol. The first-order chi connectivity index (χ1) is 13.6. The molecule has 1 heterocycles. The lowest BCUT2D eigenvalue weighted by Gasteiger charge is -2.17. The van der Waals surface area contributed by atoms with Crippen molar-refractivity contribution >= 4 is 17.6 Å². The molecule has 0 unspecified atom stereocenters. The maximum atomic E-state index is 12.2. The van der Waals surface area contributed by atoms with E-state index in [0.717, 1.165) is 35.5 Å². The molecule has 0 radical (unpaired) electrons. The van der Waals surface area contributed by atoms with E-state index < -0.39 is 0 Å². The van der Waals surface area contributed by atoms with Gasteiger partial charge in [-0.3, -0.25) is 4.79 Å². The number of carbonyl (C=O) groups excluding carboxylic acids is 2. The zero-order valence-electron chi connectivity index (χ0n) is 16.4. The minimum atomic E-state index is -0.222. The SMILES string of the molecule is CCOc1ccc([C@H](C)NC(=O)NCc2ccc(N3CCCC3=O)cc2)cc1. The van der Waals surface area contributed by atoms with E-state index in [1.54, 1.807) is 0 Å². The van der Waals surface area contributed by atoms with Gasteiger partial charge in [-0.2, -0.15) is 0 Å². The molecule has 0 aromatic heterocycles. The van der Waals surface area contributed by atoms with Crippen molar-refractivity contribution in [1.82, 2.24) is 10.6 Å². The molecule has 1 aliphatic rings. The van der Waals surface area contributed by atoms with Gasteiger partial charge in [-0.05, 0) is 55.7 Å². The molecule has 3 rings (SSSR count). The van der Waals surface area contributed by atoms with Crippen molar-refractivity contribution in [2.75, 3.05) is 18.1 Å². The third kappa shape index (κ3) is 5.03. The van der Waals surface area contributed by atoms with Crippen LogP contribution < -0.4 is 20.3 Å². The van der Waals surface area contributed by atoms with Crippen LogP contribution in [0.5, 0.6) is 5.75 Å². The number of nitrogens with one attached hydrogen (secondary N) is 2. The van der Waals surface area contributed by atoms with Crippen LogP contribution in [0.2, 0.25) is 0 Å². The predicted molar refractivity (Wildman–Crippen MR) is 109 cm³/mol. The molecule has 148 valence electrons. The summed E-state index contributed by atoms with van der Waals surface area (Å²) in [5, 5.41) is 5.81. The molecule has 1 atom stereocenters. The Labute approximate surface area is 165 Å². The van der Waals surface area contributed by atoms with E-state index in [2.05, 4.69) is 10.6 Å². The average molecular weight is 381 g/mol. The maximum absolute atomic E-state index is 12.2. The van der Waals surface area contributed by atoms with E-state index >= 15 is 0 Å². The fourth-order valence-electron chi connectivity index (χ4n) is 3.25. The van der Waals surface area contributed by atoms with Crippen molar-refractivity contribution in [3.63, 3.8) is 0 Å². The summed E-state index contributed by atoms with van der Waals surface area (Å²) in [6.07, 6.45) is 1.53. The lowest BCUT2D eigenvalue weighted by Crippen LogP contribution is -2.36. The van der Waals surface area contributed by atoms with Gasteiger partial charge in [0.05, 0.1) is 12.6 Å². The summed E-state index contributed by atoms with van der Waals surface area (Å²) in [4.78, 5) is 25.8. The standard InChI is InChI=1S/C22H27N3O3/c1-3-28-20-12-8-18(9-13-20)16(2)24-22(27)23-15-17-6-10-19(11-7-17)25-14-4-5-21(25)26/h6-13,16H,3-5,14-15H2,1-2H3,(H2,23,24,27)/t16-/m0/s1. The number of carbonyl (C=O) groups is 2. The second kappa shape index (κ2) is 9.26. The number of hydrogen-bond acceptors (Lipinski definition) is 3. The molecule has 1 aliphatic heterocycles. The molecule has 1 fully saturated rings. The van der Waals surface area contributed by atoms with Gasteiger partial charge in [-0.25, -0.2) is 4.79 Å². The van der Waals surface area contributed by atoms with Crippen molar-refractivity contribution < 1.29 is 14.3 Å². The van der Waals surface area contributed by atoms with Gasteiger partial charge in [0, 0.05) is 25.2 Å². The molecule has 2 aromatic carbocycles. The third-order valence-electron chi connectivity index (χ3n) is 4.81. The maximum Gasteiger partial charge on any atom is 0.315 e. The quantitative estimate of drug-likeness (QED) is 0.767. The summed E-state index contributed by atoms with van der Waals surface area (Å²) in [6, 6.07) is 15.1. The highest BCUT2D eigenvalue weighted by Gasteiger charge is 2.21. The van der Waals surface area contributed by atoms with Crippen LogP contribution in [0.25, 0.3) is 0 Å². The number of rotatable bonds is 7. The first kappa shape index (κ1) is 19.7. The van der Waals surface area contributed by atoms with E-state index in [0.29, 0.717) is 19.6 Å². The van der Waals surface area contributed by atoms with Crippen LogP contribution in [0.4, 0.5) is 10.5 Å². The normalized spacial score (nSPS) is 14.6. The molecule has 6 nitrogen and oxygen atoms in total. The molecule has 2 aromatic rings. The van der Waals surface area contributed by atoms with Crippen LogP contribution in [0.15, 0.2) is 48.5 Å². The Kier molecular flexibility index (Phi) is 6.53. The summed E-state index contributed by atoms with van der Waals surface area (Å²) < 4.78 is 5.43. The number of ether oxygens (including phenoxy) is 1. The van der Waals surface area contributed by atoms with Crippen LogP contribution >= 0.6 is 0 Å². The van der Waals surface area contributed by atoms with Gasteiger partial charge >= 0.3 is 6.03 Å². The zero-order chi connectivity index (χ0) is 19.9. The largest absolute Gasteiger partial charge is 0.494 e. The molecular weight excluding hydrogens is 354 g/mol. The Hall–Kier alpha value is -3.02. The van der Waals surface area contributed by atoms with Crippen LogP contribution in [0, 0.1) is 0 Å². The summed E-state index contributed by atoms with van der Waals surface area (Å²) >= 11 is 0. The van der Waals surface area contributed by atoms with E-state index in [1.807, 2.05) is 67.3 Å². The molecule has 0 saturated carbocycles. The molecule has 3 amide bonds. The van der Waals surface area contributed by atoms with E-state index in [1.165, 1.54) is 0 Å². The first-order valence-electron chi connectivity index (χ1n) is 9.73. The van der Waals surface area contributed by atoms with Gasteiger partial charge in [-0.1, -0.05) is 24.3 Å². The predicted octanol–water partition coefficient (Wildman–Crippen LogP) is 3.77. The minimum Gasteiger partial charge on any atom is -0.494 e. The second-order valence-corrected chi connectivity index (χ2v) is 6.87. The summed E-state index contributed by atoms with van der Waals surface area (Å²) in [6.45, 7) is 5.72. The highest BCUT2D eigenvalue weighted by molar-refractivity contribution is 5.95. The Morgan fingerprint density at radius 2 is 1.86 bits per heavy atom. The first-order valence-corrected chi connectivity index (χ1v) is 9.73. The zero-order valence-corrected chi connectivity index (χ0v) is 16.4. The van der Waals surface area contributed by atoms with Crippen molar-refractivity contribution in [3.05, 3.63) is 59.7 Å². The smallest absolute Gasteiger partial charge is 0.315 e. The van der Waals surface area contributed by atoms with Crippen LogP contribution in [-0.4, -0.2) is 25.1 Å². The highest BCUT2D eigenvalue weighted by Crippen LogP contribution is 2.21. The summed E-state index contributed by atoms with van der Waals surface area (Å²) in [7, 11) is 0. The van der Waals surface area contributed by atoms with Crippen molar-refractivity contribution in [2.24, 2.45) is 0 Å². The van der Waals surface area contributed by atoms with Gasteiger partial charge in [0.2, 0.25) is 5.91 Å². The van der Waals surface area contributed by atoms with Crippen molar-refractivity contribution in [2.45, 2.75) is 39.3 Å². The molecule has 1 saturated heterocycles. The fourth-order valence-corrected chi connectivity index (χ4v) is 3.25. The Balaban J connectivity index is 1.47. The third-order valence-corrected chi connectivity index (χ3v) is 4.81. The Morgan fingerprint density at radius 1 is 1.14 bits per heavy atom. The van der Waals surface area contributed by atoms with Gasteiger partial charge in [0.25, 0.3) is 0 Å². The minimum absolute atomic E-state index is 0.112. The van der Waals surface area contributed by atoms with Crippen LogP contribution in [-0.2, 0) is 11.3 Å². The number of hydrogen-bond donors (Lipinski definition) is 2. The van der Waals surface area contributed by atoms with E-state index in [9.17, 15) is 9.59 Å². The Bertz CT molecular complexity index is 803. The fraction of sp³-hybridized carbons (Fsp3) is 0.364. The van der Waals surface area contributed by atoms with Crippen molar-refractivity contribution in [1.29, 1.82) is 0 Å². The average Bonchev–Trinajstić information content (AvgIpc) is 3.13. The summed E-state index contributed by atoms with van der Waals surface area (Å²) in [5.74, 6) is 0.996. The van der Waals surface area contributed by atoms with Gasteiger partial charge in [-0.15, -0.1) is 0 Å². The number of benzene rings is 2. The molecular formula is C22H27N3O3. The molecule has 0 bridgehead atoms. The van der Waals surface area contributed by atoms with Gasteiger partial charge in [0.1, 0.15) is 5.75 Å². The Morgan fingerprint density at radius 3 is 2.46 bits per heavy atom. The lowest BCUT2D eigenvalue weighted by molar-refractivity contribution is -0.117. The van der Waals surface area contributed by atoms with Crippen LogP contribution in [0.3, 0.4) is 0 Å². The molecule has 0 spiro atoms.